The molecule has 0 radical (unpaired) electrons. The second-order valence-corrected chi connectivity index (χ2v) is 8.90. The van der Waals surface area contributed by atoms with Gasteiger partial charge < -0.3 is 15.1 Å². The number of carbonyl (C=O) groups is 3. The Hall–Kier alpha value is -1.89. The van der Waals surface area contributed by atoms with Gasteiger partial charge in [0.05, 0.1) is 10.8 Å². The van der Waals surface area contributed by atoms with Crippen molar-refractivity contribution in [1.82, 2.24) is 15.1 Å². The summed E-state index contributed by atoms with van der Waals surface area (Å²) in [5.74, 6) is 0.282. The van der Waals surface area contributed by atoms with Gasteiger partial charge in [-0.15, -0.1) is 11.3 Å². The van der Waals surface area contributed by atoms with Crippen LogP contribution in [0.2, 0.25) is 0 Å². The van der Waals surface area contributed by atoms with Crippen molar-refractivity contribution in [2.45, 2.75) is 44.6 Å². The van der Waals surface area contributed by atoms with Crippen molar-refractivity contribution in [2.75, 3.05) is 26.2 Å². The molecule has 0 aromatic carbocycles. The fraction of sp³-hybridized carbons (Fsp3) is 0.650. The minimum absolute atomic E-state index is 0.0397. The van der Waals surface area contributed by atoms with Gasteiger partial charge in [0.1, 0.15) is 0 Å². The Morgan fingerprint density at radius 1 is 0.963 bits per heavy atom. The average molecular weight is 390 g/mol. The van der Waals surface area contributed by atoms with Crippen LogP contribution in [0.1, 0.15) is 48.2 Å². The SMILES string of the molecule is O=C(NC1CC1)C1CCN(C(=O)C2CCCN(C(=O)c3cccs3)C2)CC1. The van der Waals surface area contributed by atoms with E-state index >= 15 is 0 Å². The summed E-state index contributed by atoms with van der Waals surface area (Å²) in [7, 11) is 0. The molecule has 1 aromatic rings. The first-order chi connectivity index (χ1) is 13.1. The third-order valence-corrected chi connectivity index (χ3v) is 6.75. The molecule has 0 spiro atoms. The molecule has 1 N–H and O–H groups in total. The Bertz CT molecular complexity index is 693. The lowest BCUT2D eigenvalue weighted by molar-refractivity contribution is -0.140. The van der Waals surface area contributed by atoms with E-state index in [1.165, 1.54) is 11.3 Å². The second kappa shape index (κ2) is 8.00. The van der Waals surface area contributed by atoms with Crippen LogP contribution in [0.4, 0.5) is 0 Å². The maximum Gasteiger partial charge on any atom is 0.263 e. The zero-order chi connectivity index (χ0) is 18.8. The topological polar surface area (TPSA) is 69.7 Å². The molecule has 3 amide bonds. The van der Waals surface area contributed by atoms with Gasteiger partial charge >= 0.3 is 0 Å². The molecule has 3 fully saturated rings. The van der Waals surface area contributed by atoms with E-state index in [1.54, 1.807) is 0 Å². The van der Waals surface area contributed by atoms with E-state index in [9.17, 15) is 14.4 Å². The molecule has 3 aliphatic rings. The third-order valence-electron chi connectivity index (χ3n) is 5.89. The third kappa shape index (κ3) is 4.34. The van der Waals surface area contributed by atoms with E-state index < -0.39 is 0 Å². The van der Waals surface area contributed by atoms with Gasteiger partial charge in [0, 0.05) is 38.1 Å². The predicted molar refractivity (Wildman–Crippen MR) is 103 cm³/mol. The van der Waals surface area contributed by atoms with Crippen molar-refractivity contribution in [2.24, 2.45) is 11.8 Å². The van der Waals surface area contributed by atoms with Crippen LogP contribution in [0.3, 0.4) is 0 Å². The molecule has 2 aliphatic heterocycles. The first-order valence-corrected chi connectivity index (χ1v) is 10.9. The minimum atomic E-state index is -0.112. The molecule has 4 rings (SSSR count). The van der Waals surface area contributed by atoms with Crippen LogP contribution >= 0.6 is 11.3 Å². The van der Waals surface area contributed by atoms with Crippen LogP contribution < -0.4 is 5.32 Å². The van der Waals surface area contributed by atoms with Gasteiger partial charge in [-0.1, -0.05) is 6.07 Å². The molecular weight excluding hydrogens is 362 g/mol. The smallest absolute Gasteiger partial charge is 0.263 e. The van der Waals surface area contributed by atoms with Crippen molar-refractivity contribution >= 4 is 29.1 Å². The average Bonchev–Trinajstić information content (AvgIpc) is 3.35. The van der Waals surface area contributed by atoms with Crippen LogP contribution in [0.25, 0.3) is 0 Å². The number of nitrogens with zero attached hydrogens (tertiary/aromatic N) is 2. The second-order valence-electron chi connectivity index (χ2n) is 7.95. The summed E-state index contributed by atoms with van der Waals surface area (Å²) in [6, 6.07) is 4.12. The van der Waals surface area contributed by atoms with Crippen molar-refractivity contribution < 1.29 is 14.4 Å². The number of carbonyl (C=O) groups excluding carboxylic acids is 3. The zero-order valence-corrected chi connectivity index (χ0v) is 16.4. The molecule has 1 unspecified atom stereocenters. The minimum Gasteiger partial charge on any atom is -0.353 e. The molecule has 1 aliphatic carbocycles. The summed E-state index contributed by atoms with van der Waals surface area (Å²) in [5.41, 5.74) is 0. The van der Waals surface area contributed by atoms with Crippen LogP contribution in [0, 0.1) is 11.8 Å². The Balaban J connectivity index is 1.29. The van der Waals surface area contributed by atoms with E-state index in [0.29, 0.717) is 25.7 Å². The Morgan fingerprint density at radius 3 is 2.41 bits per heavy atom. The lowest BCUT2D eigenvalue weighted by atomic mass is 9.92. The zero-order valence-electron chi connectivity index (χ0n) is 15.6. The quantitative estimate of drug-likeness (QED) is 0.858. The summed E-state index contributed by atoms with van der Waals surface area (Å²) in [6.45, 7) is 2.54. The van der Waals surface area contributed by atoms with Gasteiger partial charge in [-0.3, -0.25) is 14.4 Å². The molecule has 27 heavy (non-hydrogen) atoms. The van der Waals surface area contributed by atoms with Crippen molar-refractivity contribution in [3.8, 4) is 0 Å². The number of hydrogen-bond acceptors (Lipinski definition) is 4. The monoisotopic (exact) mass is 389 g/mol. The van der Waals surface area contributed by atoms with Crippen molar-refractivity contribution in [3.05, 3.63) is 22.4 Å². The molecule has 6 nitrogen and oxygen atoms in total. The van der Waals surface area contributed by atoms with E-state index in [0.717, 1.165) is 49.9 Å². The number of thiophene rings is 1. The largest absolute Gasteiger partial charge is 0.353 e. The Kier molecular flexibility index (Phi) is 5.48. The number of hydrogen-bond donors (Lipinski definition) is 1. The maximum absolute atomic E-state index is 13.0. The van der Waals surface area contributed by atoms with Gasteiger partial charge in [-0.05, 0) is 50.0 Å². The van der Waals surface area contributed by atoms with E-state index in [-0.39, 0.29) is 29.6 Å². The highest BCUT2D eigenvalue weighted by atomic mass is 32.1. The highest BCUT2D eigenvalue weighted by Crippen LogP contribution is 2.26. The Morgan fingerprint density at radius 2 is 1.74 bits per heavy atom. The standard InChI is InChI=1S/C20H27N3O3S/c24-18(21-16-5-6-16)14-7-10-22(11-8-14)19(25)15-3-1-9-23(13-15)20(26)17-4-2-12-27-17/h2,4,12,14-16H,1,3,5-11,13H2,(H,21,24). The fourth-order valence-corrected chi connectivity index (χ4v) is 4.78. The van der Waals surface area contributed by atoms with Crippen molar-refractivity contribution in [3.63, 3.8) is 0 Å². The molecule has 2 saturated heterocycles. The summed E-state index contributed by atoms with van der Waals surface area (Å²) >= 11 is 1.45. The van der Waals surface area contributed by atoms with E-state index in [1.807, 2.05) is 27.3 Å². The van der Waals surface area contributed by atoms with E-state index in [4.69, 9.17) is 0 Å². The van der Waals surface area contributed by atoms with Crippen LogP contribution in [0.5, 0.6) is 0 Å². The lowest BCUT2D eigenvalue weighted by Crippen LogP contribution is -2.49. The molecule has 7 heteroatoms. The summed E-state index contributed by atoms with van der Waals surface area (Å²) in [5, 5.41) is 4.98. The predicted octanol–water partition coefficient (Wildman–Crippen LogP) is 2.12. The van der Waals surface area contributed by atoms with Gasteiger partial charge in [-0.25, -0.2) is 0 Å². The number of likely N-dealkylation sites (tertiary alicyclic amines) is 2. The maximum atomic E-state index is 13.0. The van der Waals surface area contributed by atoms with Crippen LogP contribution in [0.15, 0.2) is 17.5 Å². The molecule has 1 atom stereocenters. The highest BCUT2D eigenvalue weighted by molar-refractivity contribution is 7.12. The summed E-state index contributed by atoms with van der Waals surface area (Å²) < 4.78 is 0. The number of rotatable bonds is 4. The molecule has 1 saturated carbocycles. The molecule has 0 bridgehead atoms. The molecular formula is C20H27N3O3S. The summed E-state index contributed by atoms with van der Waals surface area (Å²) in [4.78, 5) is 42.2. The first kappa shape index (κ1) is 18.5. The molecule has 146 valence electrons. The number of amides is 3. The number of piperidine rings is 2. The van der Waals surface area contributed by atoms with Gasteiger partial charge in [0.25, 0.3) is 5.91 Å². The Labute approximate surface area is 163 Å². The van der Waals surface area contributed by atoms with Gasteiger partial charge in [0.15, 0.2) is 0 Å². The first-order valence-electron chi connectivity index (χ1n) is 10.0. The van der Waals surface area contributed by atoms with Gasteiger partial charge in [-0.2, -0.15) is 0 Å². The van der Waals surface area contributed by atoms with Crippen molar-refractivity contribution in [1.29, 1.82) is 0 Å². The fourth-order valence-electron chi connectivity index (χ4n) is 4.09. The van der Waals surface area contributed by atoms with E-state index in [2.05, 4.69) is 5.32 Å². The highest BCUT2D eigenvalue weighted by Gasteiger charge is 2.35. The lowest BCUT2D eigenvalue weighted by Gasteiger charge is -2.37. The van der Waals surface area contributed by atoms with Crippen LogP contribution in [-0.4, -0.2) is 59.7 Å². The number of nitrogens with one attached hydrogen (secondary N) is 1. The van der Waals surface area contributed by atoms with Crippen LogP contribution in [-0.2, 0) is 9.59 Å². The van der Waals surface area contributed by atoms with Gasteiger partial charge in [0.2, 0.25) is 11.8 Å². The molecule has 1 aromatic heterocycles. The normalized spacial score (nSPS) is 23.9. The molecule has 3 heterocycles. The summed E-state index contributed by atoms with van der Waals surface area (Å²) in [6.07, 6.45) is 5.41.